The number of carbonyl (C=O) groups is 1. The lowest BCUT2D eigenvalue weighted by atomic mass is 9.98. The molecule has 0 spiro atoms. The molecular weight excluding hydrogens is 258 g/mol. The van der Waals surface area contributed by atoms with Crippen LogP contribution in [0.4, 0.5) is 5.69 Å². The lowest BCUT2D eigenvalue weighted by Gasteiger charge is -2.07. The number of rotatable bonds is 3. The minimum atomic E-state index is -0.0443. The molecule has 0 amide bonds. The zero-order chi connectivity index (χ0) is 14.0. The topological polar surface area (TPSA) is 43.1 Å². The molecule has 0 radical (unpaired) electrons. The minimum absolute atomic E-state index is 0.0443. The summed E-state index contributed by atoms with van der Waals surface area (Å²) in [6.07, 6.45) is 0. The average Bonchev–Trinajstić information content (AvgIpc) is 2.41. The Morgan fingerprint density at radius 2 is 1.63 bits per heavy atom. The van der Waals surface area contributed by atoms with Crippen molar-refractivity contribution in [2.24, 2.45) is 0 Å². The van der Waals surface area contributed by atoms with Crippen molar-refractivity contribution in [1.82, 2.24) is 0 Å². The first-order valence-corrected chi connectivity index (χ1v) is 6.56. The first-order valence-electron chi connectivity index (χ1n) is 6.18. The maximum atomic E-state index is 12.3. The quantitative estimate of drug-likeness (QED) is 0.670. The molecule has 0 bridgehead atoms. The van der Waals surface area contributed by atoms with E-state index in [4.69, 9.17) is 17.3 Å². The number of ketones is 1. The summed E-state index contributed by atoms with van der Waals surface area (Å²) in [6, 6.07) is 12.6. The van der Waals surface area contributed by atoms with Crippen LogP contribution < -0.4 is 5.73 Å². The van der Waals surface area contributed by atoms with Gasteiger partial charge in [0.25, 0.3) is 0 Å². The van der Waals surface area contributed by atoms with Crippen LogP contribution in [0.1, 0.15) is 41.3 Å². The van der Waals surface area contributed by atoms with Crippen LogP contribution in [0.25, 0.3) is 0 Å². The first-order chi connectivity index (χ1) is 8.99. The van der Waals surface area contributed by atoms with Crippen LogP contribution in [0.15, 0.2) is 42.5 Å². The normalized spacial score (nSPS) is 10.7. The van der Waals surface area contributed by atoms with Gasteiger partial charge in [0, 0.05) is 11.1 Å². The predicted octanol–water partition coefficient (Wildman–Crippen LogP) is 4.28. The van der Waals surface area contributed by atoms with Gasteiger partial charge in [-0.3, -0.25) is 4.79 Å². The number of nitrogens with two attached hydrogens (primary N) is 1. The molecule has 3 heteroatoms. The largest absolute Gasteiger partial charge is 0.398 e. The van der Waals surface area contributed by atoms with E-state index in [-0.39, 0.29) is 5.78 Å². The molecule has 2 aromatic carbocycles. The lowest BCUT2D eigenvalue weighted by Crippen LogP contribution is -2.02. The molecule has 0 fully saturated rings. The molecule has 0 aromatic heterocycles. The number of benzene rings is 2. The number of hydrogen-bond donors (Lipinski definition) is 1. The first kappa shape index (κ1) is 13.6. The summed E-state index contributed by atoms with van der Waals surface area (Å²) in [5, 5.41) is 0.407. The van der Waals surface area contributed by atoms with Crippen LogP contribution in [0, 0.1) is 0 Å². The van der Waals surface area contributed by atoms with Gasteiger partial charge in [-0.25, -0.2) is 0 Å². The van der Waals surface area contributed by atoms with Crippen LogP contribution >= 0.6 is 11.6 Å². The molecular formula is C16H16ClNO. The Morgan fingerprint density at radius 1 is 1.05 bits per heavy atom. The van der Waals surface area contributed by atoms with Gasteiger partial charge in [-0.15, -0.1) is 0 Å². The van der Waals surface area contributed by atoms with Gasteiger partial charge in [0.1, 0.15) is 0 Å². The summed E-state index contributed by atoms with van der Waals surface area (Å²) < 4.78 is 0. The Labute approximate surface area is 118 Å². The number of carbonyl (C=O) groups excluding carboxylic acids is 1. The Bertz CT molecular complexity index is 603. The summed E-state index contributed by atoms with van der Waals surface area (Å²) >= 11 is 5.93. The zero-order valence-electron chi connectivity index (χ0n) is 11.0. The molecule has 2 rings (SSSR count). The smallest absolute Gasteiger partial charge is 0.193 e. The van der Waals surface area contributed by atoms with Gasteiger partial charge in [-0.05, 0) is 29.7 Å². The Balaban J connectivity index is 2.30. The molecule has 0 aliphatic rings. The highest BCUT2D eigenvalue weighted by molar-refractivity contribution is 6.33. The van der Waals surface area contributed by atoms with Crippen molar-refractivity contribution < 1.29 is 4.79 Å². The Hall–Kier alpha value is -1.80. The molecule has 2 aromatic rings. The Morgan fingerprint density at radius 3 is 2.16 bits per heavy atom. The minimum Gasteiger partial charge on any atom is -0.398 e. The molecule has 0 atom stereocenters. The fourth-order valence-corrected chi connectivity index (χ4v) is 2.03. The maximum Gasteiger partial charge on any atom is 0.193 e. The van der Waals surface area contributed by atoms with Crippen LogP contribution in [0.5, 0.6) is 0 Å². The Kier molecular flexibility index (Phi) is 3.91. The second-order valence-electron chi connectivity index (χ2n) is 4.84. The molecule has 19 heavy (non-hydrogen) atoms. The molecule has 2 nitrogen and oxygen atoms in total. The third-order valence-corrected chi connectivity index (χ3v) is 3.43. The van der Waals surface area contributed by atoms with E-state index in [9.17, 15) is 4.79 Å². The standard InChI is InChI=1S/C16H16ClNO/c1-10(2)11-3-5-12(6-4-11)16(19)13-7-8-15(18)14(17)9-13/h3-10H,18H2,1-2H3. The number of hydrogen-bond acceptors (Lipinski definition) is 2. The summed E-state index contributed by atoms with van der Waals surface area (Å²) in [7, 11) is 0. The van der Waals surface area contributed by atoms with Crippen LogP contribution in [-0.4, -0.2) is 5.78 Å². The predicted molar refractivity (Wildman–Crippen MR) is 79.8 cm³/mol. The van der Waals surface area contributed by atoms with E-state index >= 15 is 0 Å². The molecule has 0 unspecified atom stereocenters. The fraction of sp³-hybridized carbons (Fsp3) is 0.188. The highest BCUT2D eigenvalue weighted by atomic mass is 35.5. The van der Waals surface area contributed by atoms with Crippen molar-refractivity contribution in [3.63, 3.8) is 0 Å². The summed E-state index contributed by atoms with van der Waals surface area (Å²) in [5.41, 5.74) is 8.54. The van der Waals surface area contributed by atoms with Gasteiger partial charge in [0.15, 0.2) is 5.78 Å². The van der Waals surface area contributed by atoms with E-state index in [1.807, 2.05) is 24.3 Å². The van der Waals surface area contributed by atoms with Crippen molar-refractivity contribution in [3.8, 4) is 0 Å². The second kappa shape index (κ2) is 5.45. The van der Waals surface area contributed by atoms with Crippen molar-refractivity contribution in [3.05, 3.63) is 64.2 Å². The highest BCUT2D eigenvalue weighted by Crippen LogP contribution is 2.22. The van der Waals surface area contributed by atoms with Crippen molar-refractivity contribution in [1.29, 1.82) is 0 Å². The molecule has 0 saturated carbocycles. The van der Waals surface area contributed by atoms with E-state index in [1.165, 1.54) is 5.56 Å². The van der Waals surface area contributed by atoms with Crippen molar-refractivity contribution >= 4 is 23.1 Å². The van der Waals surface area contributed by atoms with Crippen LogP contribution in [0.2, 0.25) is 5.02 Å². The number of nitrogen functional groups attached to an aromatic ring is 1. The number of halogens is 1. The zero-order valence-corrected chi connectivity index (χ0v) is 11.7. The van der Waals surface area contributed by atoms with E-state index in [1.54, 1.807) is 18.2 Å². The van der Waals surface area contributed by atoms with Gasteiger partial charge >= 0.3 is 0 Å². The summed E-state index contributed by atoms with van der Waals surface area (Å²) in [6.45, 7) is 4.24. The molecule has 0 aliphatic carbocycles. The SMILES string of the molecule is CC(C)c1ccc(C(=O)c2ccc(N)c(Cl)c2)cc1. The van der Waals surface area contributed by atoms with E-state index in [0.29, 0.717) is 27.8 Å². The molecule has 0 saturated heterocycles. The third-order valence-electron chi connectivity index (χ3n) is 3.10. The molecule has 0 heterocycles. The monoisotopic (exact) mass is 273 g/mol. The van der Waals surface area contributed by atoms with Gasteiger partial charge in [-0.2, -0.15) is 0 Å². The van der Waals surface area contributed by atoms with Gasteiger partial charge in [0.2, 0.25) is 0 Å². The van der Waals surface area contributed by atoms with Crippen molar-refractivity contribution in [2.45, 2.75) is 19.8 Å². The third kappa shape index (κ3) is 2.96. The van der Waals surface area contributed by atoms with Gasteiger partial charge in [-0.1, -0.05) is 49.7 Å². The van der Waals surface area contributed by atoms with E-state index < -0.39 is 0 Å². The van der Waals surface area contributed by atoms with Gasteiger partial charge < -0.3 is 5.73 Å². The van der Waals surface area contributed by atoms with Crippen molar-refractivity contribution in [2.75, 3.05) is 5.73 Å². The number of anilines is 1. The second-order valence-corrected chi connectivity index (χ2v) is 5.25. The fourth-order valence-electron chi connectivity index (χ4n) is 1.85. The molecule has 0 aliphatic heterocycles. The van der Waals surface area contributed by atoms with E-state index in [2.05, 4.69) is 13.8 Å². The highest BCUT2D eigenvalue weighted by Gasteiger charge is 2.11. The lowest BCUT2D eigenvalue weighted by molar-refractivity contribution is 0.103. The summed E-state index contributed by atoms with van der Waals surface area (Å²) in [5.74, 6) is 0.410. The van der Waals surface area contributed by atoms with E-state index in [0.717, 1.165) is 0 Å². The maximum absolute atomic E-state index is 12.3. The van der Waals surface area contributed by atoms with Gasteiger partial charge in [0.05, 0.1) is 10.7 Å². The molecule has 2 N–H and O–H groups in total. The molecule has 98 valence electrons. The van der Waals surface area contributed by atoms with Crippen LogP contribution in [-0.2, 0) is 0 Å². The van der Waals surface area contributed by atoms with Crippen LogP contribution in [0.3, 0.4) is 0 Å². The summed E-state index contributed by atoms with van der Waals surface area (Å²) in [4.78, 5) is 12.3. The average molecular weight is 274 g/mol.